The summed E-state index contributed by atoms with van der Waals surface area (Å²) in [5.74, 6) is 1.52. The lowest BCUT2D eigenvalue weighted by Gasteiger charge is -2.28. The minimum absolute atomic E-state index is 0.109. The Labute approximate surface area is 128 Å². The predicted octanol–water partition coefficient (Wildman–Crippen LogP) is 3.43. The highest BCUT2D eigenvalue weighted by Gasteiger charge is 2.25. The molecule has 2 aromatic rings. The zero-order chi connectivity index (χ0) is 14.8. The zero-order valence-electron chi connectivity index (χ0n) is 11.7. The summed E-state index contributed by atoms with van der Waals surface area (Å²) in [7, 11) is 0. The molecule has 1 aromatic heterocycles. The van der Waals surface area contributed by atoms with Crippen LogP contribution in [0.2, 0.25) is 5.02 Å². The van der Waals surface area contributed by atoms with Gasteiger partial charge in [-0.05, 0) is 31.2 Å². The summed E-state index contributed by atoms with van der Waals surface area (Å²) in [6.07, 6.45) is 2.00. The van der Waals surface area contributed by atoms with Crippen LogP contribution < -0.4 is 4.74 Å². The number of amides is 1. The van der Waals surface area contributed by atoms with Gasteiger partial charge in [-0.1, -0.05) is 17.7 Å². The number of ether oxygens (including phenoxy) is 1. The Morgan fingerprint density at radius 3 is 3.00 bits per heavy atom. The second kappa shape index (κ2) is 5.74. The highest BCUT2D eigenvalue weighted by atomic mass is 35.5. The second-order valence-electron chi connectivity index (χ2n) is 4.88. The Morgan fingerprint density at radius 1 is 1.38 bits per heavy atom. The molecule has 2 heterocycles. The van der Waals surface area contributed by atoms with Crippen molar-refractivity contribution in [1.82, 2.24) is 9.88 Å². The number of halogens is 1. The molecule has 0 spiro atoms. The Bertz CT molecular complexity index is 688. The van der Waals surface area contributed by atoms with E-state index in [0.717, 1.165) is 17.0 Å². The summed E-state index contributed by atoms with van der Waals surface area (Å²) in [6, 6.07) is 9.08. The van der Waals surface area contributed by atoms with Crippen LogP contribution in [-0.4, -0.2) is 22.3 Å². The molecule has 0 N–H and O–H groups in total. The van der Waals surface area contributed by atoms with Crippen LogP contribution in [0.5, 0.6) is 11.5 Å². The molecular weight excluding hydrogens is 288 g/mol. The molecule has 0 fully saturated rings. The molecule has 0 atom stereocenters. The highest BCUT2D eigenvalue weighted by Crippen LogP contribution is 2.31. The maximum atomic E-state index is 11.9. The Hall–Kier alpha value is -2.07. The first kappa shape index (κ1) is 13.9. The van der Waals surface area contributed by atoms with E-state index in [1.807, 2.05) is 25.1 Å². The molecule has 5 heteroatoms. The van der Waals surface area contributed by atoms with Gasteiger partial charge >= 0.3 is 0 Å². The molecule has 21 heavy (non-hydrogen) atoms. The number of nitrogens with zero attached hydrogens (tertiary/aromatic N) is 2. The van der Waals surface area contributed by atoms with Gasteiger partial charge in [0, 0.05) is 23.3 Å². The van der Waals surface area contributed by atoms with Crippen molar-refractivity contribution in [1.29, 1.82) is 0 Å². The third-order valence-electron chi connectivity index (χ3n) is 3.53. The molecule has 0 unspecified atom stereocenters. The molecule has 1 aliphatic rings. The zero-order valence-corrected chi connectivity index (χ0v) is 12.4. The SMILES string of the molecule is CCN1Cc2c(Oc3cccc(Cl)c3)ccnc2CC1=O. The molecule has 0 aliphatic carbocycles. The monoisotopic (exact) mass is 302 g/mol. The highest BCUT2D eigenvalue weighted by molar-refractivity contribution is 6.30. The summed E-state index contributed by atoms with van der Waals surface area (Å²) in [4.78, 5) is 18.0. The number of carbonyl (C=O) groups excluding carboxylic acids is 1. The molecular formula is C16H15ClN2O2. The standard InChI is InChI=1S/C16H15ClN2O2/c1-2-19-10-13-14(9-16(19)20)18-7-6-15(13)21-12-5-3-4-11(17)8-12/h3-8H,2,9-10H2,1H3. The van der Waals surface area contributed by atoms with E-state index in [1.165, 1.54) is 0 Å². The van der Waals surface area contributed by atoms with E-state index in [9.17, 15) is 4.79 Å². The van der Waals surface area contributed by atoms with E-state index >= 15 is 0 Å². The fourth-order valence-electron chi connectivity index (χ4n) is 2.41. The fourth-order valence-corrected chi connectivity index (χ4v) is 2.59. The first-order chi connectivity index (χ1) is 10.2. The lowest BCUT2D eigenvalue weighted by atomic mass is 10.0. The molecule has 0 radical (unpaired) electrons. The van der Waals surface area contributed by atoms with Crippen molar-refractivity contribution in [2.45, 2.75) is 19.9 Å². The average Bonchev–Trinajstić information content (AvgIpc) is 2.47. The van der Waals surface area contributed by atoms with Gasteiger partial charge in [0.1, 0.15) is 11.5 Å². The molecule has 0 bridgehead atoms. The summed E-state index contributed by atoms with van der Waals surface area (Å²) in [6.45, 7) is 3.19. The fraction of sp³-hybridized carbons (Fsp3) is 0.250. The third kappa shape index (κ3) is 2.85. The largest absolute Gasteiger partial charge is 0.457 e. The summed E-state index contributed by atoms with van der Waals surface area (Å²) >= 11 is 5.97. The topological polar surface area (TPSA) is 42.4 Å². The van der Waals surface area contributed by atoms with Crippen LogP contribution in [0.4, 0.5) is 0 Å². The maximum Gasteiger partial charge on any atom is 0.228 e. The van der Waals surface area contributed by atoms with Crippen molar-refractivity contribution < 1.29 is 9.53 Å². The number of hydrogen-bond donors (Lipinski definition) is 0. The molecule has 1 aromatic carbocycles. The second-order valence-corrected chi connectivity index (χ2v) is 5.31. The van der Waals surface area contributed by atoms with Gasteiger partial charge in [-0.25, -0.2) is 0 Å². The number of aromatic nitrogens is 1. The minimum atomic E-state index is 0.109. The predicted molar refractivity (Wildman–Crippen MR) is 80.6 cm³/mol. The molecule has 108 valence electrons. The number of hydrogen-bond acceptors (Lipinski definition) is 3. The molecule has 0 saturated heterocycles. The van der Waals surface area contributed by atoms with E-state index in [2.05, 4.69) is 4.98 Å². The number of carbonyl (C=O) groups is 1. The molecule has 1 aliphatic heterocycles. The van der Waals surface area contributed by atoms with E-state index in [4.69, 9.17) is 16.3 Å². The summed E-state index contributed by atoms with van der Waals surface area (Å²) in [5.41, 5.74) is 1.77. The third-order valence-corrected chi connectivity index (χ3v) is 3.76. The van der Waals surface area contributed by atoms with Crippen molar-refractivity contribution in [2.75, 3.05) is 6.54 Å². The van der Waals surface area contributed by atoms with Crippen molar-refractivity contribution in [3.63, 3.8) is 0 Å². The van der Waals surface area contributed by atoms with Crippen LogP contribution in [-0.2, 0) is 17.8 Å². The summed E-state index contributed by atoms with van der Waals surface area (Å²) < 4.78 is 5.92. The van der Waals surface area contributed by atoms with Crippen LogP contribution in [0.15, 0.2) is 36.5 Å². The maximum absolute atomic E-state index is 11.9. The van der Waals surface area contributed by atoms with Gasteiger partial charge in [-0.3, -0.25) is 9.78 Å². The first-order valence-electron chi connectivity index (χ1n) is 6.85. The van der Waals surface area contributed by atoms with E-state index < -0.39 is 0 Å². The van der Waals surface area contributed by atoms with Gasteiger partial charge < -0.3 is 9.64 Å². The van der Waals surface area contributed by atoms with Gasteiger partial charge in [0.25, 0.3) is 0 Å². The van der Waals surface area contributed by atoms with E-state index in [-0.39, 0.29) is 5.91 Å². The van der Waals surface area contributed by atoms with Crippen LogP contribution in [0.25, 0.3) is 0 Å². The molecule has 1 amide bonds. The Balaban J connectivity index is 1.94. The average molecular weight is 303 g/mol. The van der Waals surface area contributed by atoms with Gasteiger partial charge in [0.15, 0.2) is 0 Å². The Morgan fingerprint density at radius 2 is 2.24 bits per heavy atom. The van der Waals surface area contributed by atoms with Crippen LogP contribution in [0, 0.1) is 0 Å². The van der Waals surface area contributed by atoms with Gasteiger partial charge in [-0.2, -0.15) is 0 Å². The van der Waals surface area contributed by atoms with Gasteiger partial charge in [0.05, 0.1) is 18.7 Å². The number of fused-ring (bicyclic) bond motifs is 1. The number of likely N-dealkylation sites (N-methyl/N-ethyl adjacent to an activating group) is 1. The van der Waals surface area contributed by atoms with Crippen molar-refractivity contribution >= 4 is 17.5 Å². The molecule has 4 nitrogen and oxygen atoms in total. The van der Waals surface area contributed by atoms with Crippen LogP contribution >= 0.6 is 11.6 Å². The van der Waals surface area contributed by atoms with Gasteiger partial charge in [0.2, 0.25) is 5.91 Å². The van der Waals surface area contributed by atoms with E-state index in [0.29, 0.717) is 30.3 Å². The molecule has 3 rings (SSSR count). The Kier molecular flexibility index (Phi) is 3.80. The first-order valence-corrected chi connectivity index (χ1v) is 7.23. The minimum Gasteiger partial charge on any atom is -0.457 e. The van der Waals surface area contributed by atoms with Crippen LogP contribution in [0.1, 0.15) is 18.2 Å². The summed E-state index contributed by atoms with van der Waals surface area (Å²) in [5, 5.41) is 0.626. The number of benzene rings is 1. The van der Waals surface area contributed by atoms with Crippen LogP contribution in [0.3, 0.4) is 0 Å². The lowest BCUT2D eigenvalue weighted by Crippen LogP contribution is -2.36. The van der Waals surface area contributed by atoms with E-state index in [1.54, 1.807) is 23.2 Å². The number of pyridine rings is 1. The quantitative estimate of drug-likeness (QED) is 0.872. The smallest absolute Gasteiger partial charge is 0.228 e. The lowest BCUT2D eigenvalue weighted by molar-refractivity contribution is -0.131. The van der Waals surface area contributed by atoms with Crippen molar-refractivity contribution in [3.05, 3.63) is 52.8 Å². The normalized spacial score (nSPS) is 14.0. The van der Waals surface area contributed by atoms with Crippen molar-refractivity contribution in [3.8, 4) is 11.5 Å². The molecule has 0 saturated carbocycles. The van der Waals surface area contributed by atoms with Crippen molar-refractivity contribution in [2.24, 2.45) is 0 Å². The van der Waals surface area contributed by atoms with Gasteiger partial charge in [-0.15, -0.1) is 0 Å². The number of rotatable bonds is 3.